The molecule has 0 amide bonds. The fraction of sp³-hybridized carbons (Fsp3) is 0.538. The van der Waals surface area contributed by atoms with E-state index in [1.165, 1.54) is 4.31 Å². The van der Waals surface area contributed by atoms with Gasteiger partial charge in [0, 0.05) is 17.6 Å². The lowest BCUT2D eigenvalue weighted by Crippen LogP contribution is -2.40. The summed E-state index contributed by atoms with van der Waals surface area (Å²) in [7, 11) is -1.74. The van der Waals surface area contributed by atoms with Gasteiger partial charge in [-0.05, 0) is 44.5 Å². The van der Waals surface area contributed by atoms with Crippen LogP contribution in [0.25, 0.3) is 0 Å². The van der Waals surface area contributed by atoms with Gasteiger partial charge in [-0.2, -0.15) is 4.31 Å². The molecule has 0 bridgehead atoms. The van der Waals surface area contributed by atoms with E-state index in [0.717, 1.165) is 19.4 Å². The molecule has 1 aromatic carbocycles. The fourth-order valence-electron chi connectivity index (χ4n) is 2.55. The van der Waals surface area contributed by atoms with Crippen LogP contribution in [-0.4, -0.2) is 39.4 Å². The van der Waals surface area contributed by atoms with Crippen molar-refractivity contribution in [3.63, 3.8) is 0 Å². The van der Waals surface area contributed by atoms with Gasteiger partial charge in [-0.1, -0.05) is 39.1 Å². The summed E-state index contributed by atoms with van der Waals surface area (Å²) >= 11 is 15.4. The summed E-state index contributed by atoms with van der Waals surface area (Å²) in [4.78, 5) is 0.00102. The quantitative estimate of drug-likeness (QED) is 0.819. The second-order valence-corrected chi connectivity index (χ2v) is 8.71. The van der Waals surface area contributed by atoms with Crippen LogP contribution >= 0.6 is 39.1 Å². The van der Waals surface area contributed by atoms with Gasteiger partial charge in [-0.15, -0.1) is 0 Å². The molecule has 1 saturated heterocycles. The van der Waals surface area contributed by atoms with Crippen LogP contribution in [0.1, 0.15) is 12.8 Å². The van der Waals surface area contributed by atoms with E-state index < -0.39 is 10.0 Å². The number of halogens is 3. The third kappa shape index (κ3) is 3.92. The Morgan fingerprint density at radius 1 is 1.29 bits per heavy atom. The van der Waals surface area contributed by atoms with Crippen molar-refractivity contribution in [1.82, 2.24) is 9.62 Å². The maximum absolute atomic E-state index is 12.7. The molecule has 1 N–H and O–H groups in total. The van der Waals surface area contributed by atoms with E-state index in [9.17, 15) is 8.42 Å². The molecule has 1 heterocycles. The highest BCUT2D eigenvalue weighted by molar-refractivity contribution is 9.10. The third-order valence-corrected chi connectivity index (χ3v) is 6.91. The average molecular weight is 416 g/mol. The van der Waals surface area contributed by atoms with Crippen LogP contribution < -0.4 is 5.32 Å². The van der Waals surface area contributed by atoms with Crippen LogP contribution in [0.5, 0.6) is 0 Å². The molecule has 0 saturated carbocycles. The number of nitrogens with zero attached hydrogens (tertiary/aromatic N) is 1. The van der Waals surface area contributed by atoms with E-state index in [0.29, 0.717) is 23.5 Å². The van der Waals surface area contributed by atoms with Crippen LogP contribution in [0.15, 0.2) is 21.5 Å². The van der Waals surface area contributed by atoms with Gasteiger partial charge in [0.1, 0.15) is 4.90 Å². The Hall–Kier alpha value is 0.150. The van der Waals surface area contributed by atoms with Crippen molar-refractivity contribution < 1.29 is 8.42 Å². The predicted octanol–water partition coefficient (Wildman–Crippen LogP) is 3.38. The second kappa shape index (κ2) is 7.15. The van der Waals surface area contributed by atoms with Crippen molar-refractivity contribution in [2.45, 2.75) is 17.7 Å². The molecule has 1 fully saturated rings. The summed E-state index contributed by atoms with van der Waals surface area (Å²) in [5, 5.41) is 3.42. The molecular formula is C13H17BrCl2N2O2S. The first-order chi connectivity index (χ1) is 9.86. The van der Waals surface area contributed by atoms with E-state index in [1.54, 1.807) is 12.1 Å². The maximum Gasteiger partial charge on any atom is 0.246 e. The molecule has 1 aliphatic heterocycles. The summed E-state index contributed by atoms with van der Waals surface area (Å²) in [5.41, 5.74) is 0. The first-order valence-corrected chi connectivity index (χ1v) is 9.64. The third-order valence-electron chi connectivity index (χ3n) is 3.63. The molecule has 0 aromatic heterocycles. The van der Waals surface area contributed by atoms with Gasteiger partial charge in [0.2, 0.25) is 10.0 Å². The van der Waals surface area contributed by atoms with Gasteiger partial charge < -0.3 is 5.32 Å². The molecule has 0 unspecified atom stereocenters. The van der Waals surface area contributed by atoms with Gasteiger partial charge >= 0.3 is 0 Å². The smallest absolute Gasteiger partial charge is 0.246 e. The number of benzene rings is 1. The summed E-state index contributed by atoms with van der Waals surface area (Å²) in [6.45, 7) is 1.91. The summed E-state index contributed by atoms with van der Waals surface area (Å²) in [5.74, 6) is 0.511. The monoisotopic (exact) mass is 414 g/mol. The van der Waals surface area contributed by atoms with Gasteiger partial charge in [0.25, 0.3) is 0 Å². The molecular weight excluding hydrogens is 399 g/mol. The molecule has 2 rings (SSSR count). The Bertz CT molecular complexity index is 594. The second-order valence-electron chi connectivity index (χ2n) is 5.10. The van der Waals surface area contributed by atoms with E-state index in [4.69, 9.17) is 23.2 Å². The largest absolute Gasteiger partial charge is 0.319 e. The number of hydrogen-bond donors (Lipinski definition) is 1. The minimum Gasteiger partial charge on any atom is -0.319 e. The van der Waals surface area contributed by atoms with Crippen LogP contribution in [0, 0.1) is 5.92 Å². The maximum atomic E-state index is 12.7. The van der Waals surface area contributed by atoms with Crippen molar-refractivity contribution in [1.29, 1.82) is 0 Å². The summed E-state index contributed by atoms with van der Waals surface area (Å²) in [6, 6.07) is 3.10. The lowest BCUT2D eigenvalue weighted by atomic mass is 9.98. The van der Waals surface area contributed by atoms with Gasteiger partial charge in [0.05, 0.1) is 10.0 Å². The van der Waals surface area contributed by atoms with E-state index >= 15 is 0 Å². The van der Waals surface area contributed by atoms with Crippen LogP contribution in [0.4, 0.5) is 0 Å². The number of sulfonamides is 1. The van der Waals surface area contributed by atoms with Crippen molar-refractivity contribution in [2.75, 3.05) is 26.7 Å². The molecule has 8 heteroatoms. The molecule has 21 heavy (non-hydrogen) atoms. The molecule has 0 atom stereocenters. The Labute approximate surface area is 144 Å². The highest BCUT2D eigenvalue weighted by atomic mass is 79.9. The zero-order chi connectivity index (χ0) is 15.6. The van der Waals surface area contributed by atoms with Gasteiger partial charge in [-0.25, -0.2) is 8.42 Å². The lowest BCUT2D eigenvalue weighted by Gasteiger charge is -2.31. The zero-order valence-electron chi connectivity index (χ0n) is 11.6. The van der Waals surface area contributed by atoms with Crippen molar-refractivity contribution in [3.05, 3.63) is 26.7 Å². The number of piperidine rings is 1. The summed E-state index contributed by atoms with van der Waals surface area (Å²) in [6.07, 6.45) is 1.68. The molecule has 4 nitrogen and oxygen atoms in total. The highest BCUT2D eigenvalue weighted by Gasteiger charge is 2.32. The van der Waals surface area contributed by atoms with E-state index in [1.807, 2.05) is 7.05 Å². The molecule has 0 aliphatic carbocycles. The molecule has 0 spiro atoms. The molecule has 1 aromatic rings. The Kier molecular flexibility index (Phi) is 5.96. The standard InChI is InChI=1S/C13H17BrCl2N2O2S/c1-17-8-9-2-4-18(5-3-9)21(19,20)13-11(15)6-10(14)7-12(13)16/h6-7,9,17H,2-5,8H2,1H3. The van der Waals surface area contributed by atoms with Crippen molar-refractivity contribution in [3.8, 4) is 0 Å². The van der Waals surface area contributed by atoms with Gasteiger partial charge in [-0.3, -0.25) is 0 Å². The Morgan fingerprint density at radius 3 is 2.29 bits per heavy atom. The minimum absolute atomic E-state index is 0.00102. The first-order valence-electron chi connectivity index (χ1n) is 6.65. The molecule has 1 aliphatic rings. The average Bonchev–Trinajstić information content (AvgIpc) is 2.38. The van der Waals surface area contributed by atoms with E-state index in [-0.39, 0.29) is 14.9 Å². The SMILES string of the molecule is CNCC1CCN(S(=O)(=O)c2c(Cl)cc(Br)cc2Cl)CC1. The van der Waals surface area contributed by atoms with Crippen LogP contribution in [-0.2, 0) is 10.0 Å². The molecule has 0 radical (unpaired) electrons. The van der Waals surface area contributed by atoms with Crippen LogP contribution in [0.2, 0.25) is 10.0 Å². The van der Waals surface area contributed by atoms with E-state index in [2.05, 4.69) is 21.2 Å². The zero-order valence-corrected chi connectivity index (χ0v) is 15.5. The lowest BCUT2D eigenvalue weighted by molar-refractivity contribution is 0.270. The first kappa shape index (κ1) is 17.5. The Balaban J connectivity index is 2.24. The van der Waals surface area contributed by atoms with Crippen molar-refractivity contribution in [2.24, 2.45) is 5.92 Å². The van der Waals surface area contributed by atoms with Gasteiger partial charge in [0.15, 0.2) is 0 Å². The van der Waals surface area contributed by atoms with Crippen molar-refractivity contribution >= 4 is 49.2 Å². The van der Waals surface area contributed by atoms with Crippen LogP contribution in [0.3, 0.4) is 0 Å². The normalized spacial score (nSPS) is 18.1. The highest BCUT2D eigenvalue weighted by Crippen LogP contribution is 2.35. The summed E-state index contributed by atoms with van der Waals surface area (Å²) < 4.78 is 27.6. The fourth-order valence-corrected chi connectivity index (χ4v) is 5.90. The number of rotatable bonds is 4. The Morgan fingerprint density at radius 2 is 1.81 bits per heavy atom. The molecule has 118 valence electrons. The minimum atomic E-state index is -3.65. The number of hydrogen-bond acceptors (Lipinski definition) is 3. The predicted molar refractivity (Wildman–Crippen MR) is 89.6 cm³/mol. The number of nitrogens with one attached hydrogen (secondary N) is 1. The topological polar surface area (TPSA) is 49.4 Å².